The van der Waals surface area contributed by atoms with E-state index < -0.39 is 0 Å². The number of fused-ring (bicyclic) bond motifs is 2. The molecular formula is C20H16N4O. The zero-order valence-corrected chi connectivity index (χ0v) is 13.9. The van der Waals surface area contributed by atoms with Gasteiger partial charge in [0.05, 0.1) is 30.0 Å². The molecule has 1 aliphatic heterocycles. The topological polar surface area (TPSA) is 61.9 Å². The Bertz CT molecular complexity index is 1070. The number of nitrogens with zero attached hydrogens (tertiary/aromatic N) is 4. The first-order valence-electron chi connectivity index (χ1n) is 7.99. The Morgan fingerprint density at radius 3 is 2.92 bits per heavy atom. The molecule has 5 nitrogen and oxygen atoms in total. The number of carbonyl (C=O) groups excluding carboxylic acids is 1. The van der Waals surface area contributed by atoms with Gasteiger partial charge < -0.3 is 9.47 Å². The number of carbonyl (C=O) groups is 1. The van der Waals surface area contributed by atoms with Gasteiger partial charge in [0.1, 0.15) is 0 Å². The van der Waals surface area contributed by atoms with Crippen molar-refractivity contribution in [3.63, 3.8) is 0 Å². The van der Waals surface area contributed by atoms with Gasteiger partial charge in [-0.1, -0.05) is 24.8 Å². The molecule has 4 rings (SSSR count). The first-order valence-corrected chi connectivity index (χ1v) is 7.99. The number of amides is 1. The molecule has 2 aromatic carbocycles. The number of hydrogen-bond donors (Lipinski definition) is 0. The highest BCUT2D eigenvalue weighted by Gasteiger charge is 2.29. The van der Waals surface area contributed by atoms with Gasteiger partial charge in [-0.05, 0) is 34.9 Å². The Balaban J connectivity index is 1.77. The van der Waals surface area contributed by atoms with Crippen molar-refractivity contribution in [1.29, 1.82) is 5.26 Å². The number of imidazole rings is 1. The molecule has 0 N–H and O–H groups in total. The normalized spacial score (nSPS) is 13.1. The second kappa shape index (κ2) is 5.60. The number of benzene rings is 2. The van der Waals surface area contributed by atoms with Crippen LogP contribution in [0.3, 0.4) is 0 Å². The van der Waals surface area contributed by atoms with Crippen molar-refractivity contribution in [3.8, 4) is 17.2 Å². The standard InChI is InChI=1S/C20H16N4O/c1-13(9-21)10-24-11-17-15(4-3-5-16(17)20(24)25)14-6-7-19-18(8-14)22-12-23(19)2/h3-8,12H,1,10-11H2,2H3. The number of aryl methyl sites for hydroxylation is 1. The quantitative estimate of drug-likeness (QED) is 0.693. The Morgan fingerprint density at radius 2 is 2.12 bits per heavy atom. The summed E-state index contributed by atoms with van der Waals surface area (Å²) in [6.45, 7) is 4.44. The lowest BCUT2D eigenvalue weighted by molar-refractivity contribution is 0.0794. The summed E-state index contributed by atoms with van der Waals surface area (Å²) in [5.74, 6) is -0.0489. The van der Waals surface area contributed by atoms with Crippen molar-refractivity contribution < 1.29 is 4.79 Å². The monoisotopic (exact) mass is 328 g/mol. The van der Waals surface area contributed by atoms with E-state index in [0.717, 1.165) is 27.7 Å². The molecule has 5 heteroatoms. The van der Waals surface area contributed by atoms with E-state index in [9.17, 15) is 4.79 Å². The molecule has 3 aromatic rings. The van der Waals surface area contributed by atoms with E-state index in [1.807, 2.05) is 48.0 Å². The minimum atomic E-state index is -0.0489. The molecule has 0 fully saturated rings. The average Bonchev–Trinajstić information content (AvgIpc) is 3.15. The molecule has 1 aliphatic rings. The van der Waals surface area contributed by atoms with Crippen LogP contribution in [0.25, 0.3) is 22.2 Å². The third-order valence-corrected chi connectivity index (χ3v) is 4.62. The van der Waals surface area contributed by atoms with Crippen molar-refractivity contribution in [2.75, 3.05) is 6.54 Å². The summed E-state index contributed by atoms with van der Waals surface area (Å²) in [6, 6.07) is 13.9. The van der Waals surface area contributed by atoms with Crippen molar-refractivity contribution in [2.24, 2.45) is 7.05 Å². The van der Waals surface area contributed by atoms with Crippen molar-refractivity contribution in [3.05, 3.63) is 66.0 Å². The van der Waals surface area contributed by atoms with E-state index in [4.69, 9.17) is 5.26 Å². The molecule has 0 unspecified atom stereocenters. The van der Waals surface area contributed by atoms with Crippen LogP contribution in [0.5, 0.6) is 0 Å². The van der Waals surface area contributed by atoms with E-state index in [-0.39, 0.29) is 12.5 Å². The smallest absolute Gasteiger partial charge is 0.254 e. The Labute approximate surface area is 145 Å². The number of hydrogen-bond acceptors (Lipinski definition) is 3. The van der Waals surface area contributed by atoms with Crippen molar-refractivity contribution in [1.82, 2.24) is 14.5 Å². The zero-order chi connectivity index (χ0) is 17.6. The number of nitriles is 1. The predicted molar refractivity (Wildman–Crippen MR) is 95.6 cm³/mol. The van der Waals surface area contributed by atoms with E-state index in [1.54, 1.807) is 11.2 Å². The fourth-order valence-electron chi connectivity index (χ4n) is 3.36. The second-order valence-electron chi connectivity index (χ2n) is 6.27. The molecule has 0 aliphatic carbocycles. The molecule has 0 radical (unpaired) electrons. The lowest BCUT2D eigenvalue weighted by Gasteiger charge is -2.14. The Kier molecular flexibility index (Phi) is 3.40. The molecule has 0 bridgehead atoms. The maximum atomic E-state index is 12.6. The van der Waals surface area contributed by atoms with Crippen LogP contribution in [0.2, 0.25) is 0 Å². The third kappa shape index (κ3) is 2.39. The summed E-state index contributed by atoms with van der Waals surface area (Å²) < 4.78 is 1.98. The molecule has 1 aromatic heterocycles. The Morgan fingerprint density at radius 1 is 1.32 bits per heavy atom. The highest BCUT2D eigenvalue weighted by molar-refractivity contribution is 6.01. The summed E-state index contributed by atoms with van der Waals surface area (Å²) in [6.07, 6.45) is 1.79. The molecule has 0 spiro atoms. The van der Waals surface area contributed by atoms with E-state index in [1.165, 1.54) is 0 Å². The zero-order valence-electron chi connectivity index (χ0n) is 13.9. The first-order chi connectivity index (χ1) is 12.1. The summed E-state index contributed by atoms with van der Waals surface area (Å²) in [5, 5.41) is 8.94. The SMILES string of the molecule is C=C(C#N)CN1Cc2c(cccc2-c2ccc3c(c2)ncn3C)C1=O. The lowest BCUT2D eigenvalue weighted by Crippen LogP contribution is -2.25. The second-order valence-corrected chi connectivity index (χ2v) is 6.27. The van der Waals surface area contributed by atoms with Crippen molar-refractivity contribution in [2.45, 2.75) is 6.54 Å². The molecule has 0 saturated heterocycles. The first kappa shape index (κ1) is 15.2. The van der Waals surface area contributed by atoms with Crippen LogP contribution in [0.4, 0.5) is 0 Å². The van der Waals surface area contributed by atoms with Crippen LogP contribution in [-0.2, 0) is 13.6 Å². The van der Waals surface area contributed by atoms with Crippen LogP contribution in [-0.4, -0.2) is 26.9 Å². The van der Waals surface area contributed by atoms with E-state index in [2.05, 4.69) is 17.6 Å². The minimum Gasteiger partial charge on any atom is -0.334 e. The van der Waals surface area contributed by atoms with Gasteiger partial charge >= 0.3 is 0 Å². The van der Waals surface area contributed by atoms with Gasteiger partial charge in [-0.25, -0.2) is 4.98 Å². The van der Waals surface area contributed by atoms with Crippen LogP contribution < -0.4 is 0 Å². The van der Waals surface area contributed by atoms with Gasteiger partial charge in [-0.15, -0.1) is 0 Å². The highest BCUT2D eigenvalue weighted by atomic mass is 16.2. The van der Waals surface area contributed by atoms with Crippen LogP contribution >= 0.6 is 0 Å². The maximum Gasteiger partial charge on any atom is 0.254 e. The molecule has 0 saturated carbocycles. The van der Waals surface area contributed by atoms with Gasteiger partial charge in [0.2, 0.25) is 0 Å². The predicted octanol–water partition coefficient (Wildman–Crippen LogP) is 3.28. The number of rotatable bonds is 3. The molecule has 2 heterocycles. The van der Waals surface area contributed by atoms with Gasteiger partial charge in [0.15, 0.2) is 0 Å². The molecule has 25 heavy (non-hydrogen) atoms. The average molecular weight is 328 g/mol. The molecule has 0 atom stereocenters. The minimum absolute atomic E-state index is 0.0489. The van der Waals surface area contributed by atoms with E-state index >= 15 is 0 Å². The molecular weight excluding hydrogens is 312 g/mol. The number of aromatic nitrogens is 2. The lowest BCUT2D eigenvalue weighted by atomic mass is 9.96. The van der Waals surface area contributed by atoms with E-state index in [0.29, 0.717) is 17.7 Å². The largest absolute Gasteiger partial charge is 0.334 e. The summed E-state index contributed by atoms with van der Waals surface area (Å²) in [7, 11) is 1.97. The molecule has 1 amide bonds. The van der Waals surface area contributed by atoms with Gasteiger partial charge in [0.25, 0.3) is 5.91 Å². The van der Waals surface area contributed by atoms with Crippen LogP contribution in [0.15, 0.2) is 54.9 Å². The van der Waals surface area contributed by atoms with Gasteiger partial charge in [0, 0.05) is 24.7 Å². The van der Waals surface area contributed by atoms with Crippen LogP contribution in [0, 0.1) is 11.3 Å². The van der Waals surface area contributed by atoms with Crippen molar-refractivity contribution >= 4 is 16.9 Å². The highest BCUT2D eigenvalue weighted by Crippen LogP contribution is 2.34. The summed E-state index contributed by atoms with van der Waals surface area (Å²) >= 11 is 0. The Hall–Kier alpha value is -3.39. The molecule has 122 valence electrons. The summed E-state index contributed by atoms with van der Waals surface area (Å²) in [5.41, 5.74) is 6.15. The van der Waals surface area contributed by atoms with Crippen LogP contribution in [0.1, 0.15) is 15.9 Å². The van der Waals surface area contributed by atoms with Gasteiger partial charge in [-0.2, -0.15) is 5.26 Å². The summed E-state index contributed by atoms with van der Waals surface area (Å²) in [4.78, 5) is 18.7. The van der Waals surface area contributed by atoms with Gasteiger partial charge in [-0.3, -0.25) is 4.79 Å². The maximum absolute atomic E-state index is 12.6. The third-order valence-electron chi connectivity index (χ3n) is 4.62. The fourth-order valence-corrected chi connectivity index (χ4v) is 3.36. The fraction of sp³-hybridized carbons (Fsp3) is 0.150.